The number of thioether (sulfide) groups is 1. The van der Waals surface area contributed by atoms with Crippen molar-refractivity contribution < 1.29 is 19.1 Å². The third-order valence-electron chi connectivity index (χ3n) is 4.21. The van der Waals surface area contributed by atoms with Gasteiger partial charge in [-0.15, -0.1) is 11.8 Å². The molecule has 0 bridgehead atoms. The summed E-state index contributed by atoms with van der Waals surface area (Å²) in [6.07, 6.45) is 1.57. The van der Waals surface area contributed by atoms with Crippen molar-refractivity contribution in [2.75, 3.05) is 19.5 Å². The molecule has 0 aliphatic carbocycles. The van der Waals surface area contributed by atoms with Crippen LogP contribution in [0, 0.1) is 0 Å². The van der Waals surface area contributed by atoms with E-state index < -0.39 is 5.91 Å². The number of rotatable bonds is 8. The zero-order valence-corrected chi connectivity index (χ0v) is 17.4. The zero-order chi connectivity index (χ0) is 21.5. The molecule has 30 heavy (non-hydrogen) atoms. The number of aromatic nitrogens is 1. The number of carbonyl (C=O) groups is 2. The average Bonchev–Trinajstić information content (AvgIpc) is 2.78. The topological polar surface area (TPSA) is 104 Å². The second kappa shape index (κ2) is 9.80. The number of primary amides is 1. The third-order valence-corrected chi connectivity index (χ3v) is 5.29. The van der Waals surface area contributed by atoms with Crippen LogP contribution in [-0.4, -0.2) is 31.0 Å². The number of pyridine rings is 1. The number of hydrogen-bond donors (Lipinski definition) is 2. The van der Waals surface area contributed by atoms with Gasteiger partial charge in [-0.05, 0) is 54.1 Å². The van der Waals surface area contributed by atoms with Crippen LogP contribution in [0.1, 0.15) is 26.4 Å². The molecule has 0 fully saturated rings. The van der Waals surface area contributed by atoms with Crippen LogP contribution in [-0.2, 0) is 5.75 Å². The van der Waals surface area contributed by atoms with E-state index in [2.05, 4.69) is 10.3 Å². The molecular formula is C22H21N3O4S. The van der Waals surface area contributed by atoms with Crippen molar-refractivity contribution >= 4 is 29.3 Å². The highest BCUT2D eigenvalue weighted by molar-refractivity contribution is 7.98. The second-order valence-electron chi connectivity index (χ2n) is 6.28. The molecule has 0 radical (unpaired) electrons. The maximum Gasteiger partial charge on any atom is 0.267 e. The fourth-order valence-corrected chi connectivity index (χ4v) is 3.48. The Labute approximate surface area is 178 Å². The molecule has 0 aliphatic rings. The van der Waals surface area contributed by atoms with Gasteiger partial charge in [-0.2, -0.15) is 0 Å². The van der Waals surface area contributed by atoms with E-state index in [1.165, 1.54) is 14.2 Å². The molecule has 0 atom stereocenters. The lowest BCUT2D eigenvalue weighted by atomic mass is 10.2. The van der Waals surface area contributed by atoms with E-state index in [-0.39, 0.29) is 11.6 Å². The van der Waals surface area contributed by atoms with Crippen molar-refractivity contribution in [2.45, 2.75) is 10.6 Å². The highest BCUT2D eigenvalue weighted by Gasteiger charge is 2.10. The second-order valence-corrected chi connectivity index (χ2v) is 7.33. The van der Waals surface area contributed by atoms with Crippen LogP contribution in [0.25, 0.3) is 0 Å². The van der Waals surface area contributed by atoms with Crippen LogP contribution >= 0.6 is 11.8 Å². The SMILES string of the molecule is COc1cc(OC)cc(C(=O)Nc2ccc(SCc3ccnc(C(N)=O)c3)cc2)c1. The molecule has 7 nitrogen and oxygen atoms in total. The van der Waals surface area contributed by atoms with Crippen molar-refractivity contribution in [3.63, 3.8) is 0 Å². The lowest BCUT2D eigenvalue weighted by Crippen LogP contribution is -2.13. The van der Waals surface area contributed by atoms with E-state index in [1.54, 1.807) is 42.2 Å². The van der Waals surface area contributed by atoms with Crippen LogP contribution in [0.4, 0.5) is 5.69 Å². The lowest BCUT2D eigenvalue weighted by Gasteiger charge is -2.10. The van der Waals surface area contributed by atoms with Gasteiger partial charge in [0.2, 0.25) is 0 Å². The predicted octanol–water partition coefficient (Wildman–Crippen LogP) is 3.74. The van der Waals surface area contributed by atoms with Crippen molar-refractivity contribution in [3.05, 3.63) is 77.6 Å². The molecule has 0 spiro atoms. The summed E-state index contributed by atoms with van der Waals surface area (Å²) >= 11 is 1.60. The molecular weight excluding hydrogens is 402 g/mol. The quantitative estimate of drug-likeness (QED) is 0.535. The van der Waals surface area contributed by atoms with Gasteiger partial charge in [-0.1, -0.05) is 0 Å². The molecule has 0 unspecified atom stereocenters. The molecule has 1 heterocycles. The number of hydrogen-bond acceptors (Lipinski definition) is 6. The van der Waals surface area contributed by atoms with Crippen molar-refractivity contribution in [3.8, 4) is 11.5 Å². The Balaban J connectivity index is 1.62. The van der Waals surface area contributed by atoms with E-state index >= 15 is 0 Å². The highest BCUT2D eigenvalue weighted by Crippen LogP contribution is 2.26. The Morgan fingerprint density at radius 2 is 1.67 bits per heavy atom. The Hall–Kier alpha value is -3.52. The maximum absolute atomic E-state index is 12.6. The summed E-state index contributed by atoms with van der Waals surface area (Å²) in [5, 5.41) is 2.86. The summed E-state index contributed by atoms with van der Waals surface area (Å²) in [6, 6.07) is 16.0. The Bertz CT molecular complexity index is 1030. The Kier molecular flexibility index (Phi) is 6.92. The van der Waals surface area contributed by atoms with Gasteiger partial charge in [0.15, 0.2) is 0 Å². The molecule has 8 heteroatoms. The molecule has 2 amide bonds. The van der Waals surface area contributed by atoms with Gasteiger partial charge in [0.05, 0.1) is 14.2 Å². The number of anilines is 1. The van der Waals surface area contributed by atoms with Gasteiger partial charge in [0.25, 0.3) is 11.8 Å². The Morgan fingerprint density at radius 1 is 1.00 bits per heavy atom. The minimum atomic E-state index is -0.546. The van der Waals surface area contributed by atoms with Gasteiger partial charge < -0.3 is 20.5 Å². The van der Waals surface area contributed by atoms with Crippen LogP contribution in [0.3, 0.4) is 0 Å². The first-order valence-electron chi connectivity index (χ1n) is 9.00. The van der Waals surface area contributed by atoms with Crippen LogP contribution in [0.2, 0.25) is 0 Å². The number of methoxy groups -OCH3 is 2. The summed E-state index contributed by atoms with van der Waals surface area (Å²) in [5.74, 6) is 0.945. The minimum Gasteiger partial charge on any atom is -0.497 e. The molecule has 2 aromatic carbocycles. The highest BCUT2D eigenvalue weighted by atomic mass is 32.2. The minimum absolute atomic E-state index is 0.250. The molecule has 3 rings (SSSR count). The van der Waals surface area contributed by atoms with Gasteiger partial charge >= 0.3 is 0 Å². The summed E-state index contributed by atoms with van der Waals surface area (Å²) in [5.41, 5.74) is 7.58. The number of nitrogens with zero attached hydrogens (tertiary/aromatic N) is 1. The van der Waals surface area contributed by atoms with E-state index in [1.807, 2.05) is 30.3 Å². The fraction of sp³-hybridized carbons (Fsp3) is 0.136. The van der Waals surface area contributed by atoms with E-state index in [9.17, 15) is 9.59 Å². The molecule has 3 N–H and O–H groups in total. The first-order valence-corrected chi connectivity index (χ1v) is 9.99. The van der Waals surface area contributed by atoms with E-state index in [4.69, 9.17) is 15.2 Å². The number of benzene rings is 2. The fourth-order valence-electron chi connectivity index (χ4n) is 2.64. The summed E-state index contributed by atoms with van der Waals surface area (Å²) in [4.78, 5) is 28.8. The van der Waals surface area contributed by atoms with Crippen molar-refractivity contribution in [1.29, 1.82) is 0 Å². The standard InChI is InChI=1S/C22H21N3O4S/c1-28-17-10-15(11-18(12-17)29-2)22(27)25-16-3-5-19(6-4-16)30-13-14-7-8-24-20(9-14)21(23)26/h3-12H,13H2,1-2H3,(H2,23,26)(H,25,27). The third kappa shape index (κ3) is 5.51. The largest absolute Gasteiger partial charge is 0.497 e. The summed E-state index contributed by atoms with van der Waals surface area (Å²) < 4.78 is 10.4. The zero-order valence-electron chi connectivity index (χ0n) is 16.5. The predicted molar refractivity (Wildman–Crippen MR) is 116 cm³/mol. The van der Waals surface area contributed by atoms with Gasteiger partial charge in [0, 0.05) is 34.2 Å². The summed E-state index contributed by atoms with van der Waals surface area (Å²) in [7, 11) is 3.07. The number of amides is 2. The molecule has 154 valence electrons. The van der Waals surface area contributed by atoms with E-state index in [0.717, 1.165) is 10.5 Å². The normalized spacial score (nSPS) is 10.3. The maximum atomic E-state index is 12.6. The molecule has 1 aromatic heterocycles. The lowest BCUT2D eigenvalue weighted by molar-refractivity contribution is 0.0993. The molecule has 3 aromatic rings. The monoisotopic (exact) mass is 423 g/mol. The number of nitrogens with two attached hydrogens (primary N) is 1. The van der Waals surface area contributed by atoms with Crippen LogP contribution in [0.15, 0.2) is 65.7 Å². The van der Waals surface area contributed by atoms with Crippen LogP contribution < -0.4 is 20.5 Å². The Morgan fingerprint density at radius 3 is 2.27 bits per heavy atom. The average molecular weight is 423 g/mol. The van der Waals surface area contributed by atoms with Gasteiger partial charge in [0.1, 0.15) is 17.2 Å². The first-order chi connectivity index (χ1) is 14.5. The van der Waals surface area contributed by atoms with Gasteiger partial charge in [-0.3, -0.25) is 14.6 Å². The van der Waals surface area contributed by atoms with Crippen molar-refractivity contribution in [2.24, 2.45) is 5.73 Å². The molecule has 0 saturated carbocycles. The van der Waals surface area contributed by atoms with E-state index in [0.29, 0.717) is 28.5 Å². The smallest absolute Gasteiger partial charge is 0.267 e. The van der Waals surface area contributed by atoms with Crippen LogP contribution in [0.5, 0.6) is 11.5 Å². The molecule has 0 aliphatic heterocycles. The number of ether oxygens (including phenoxy) is 2. The number of carbonyl (C=O) groups excluding carboxylic acids is 2. The number of nitrogens with one attached hydrogen (secondary N) is 1. The molecule has 0 saturated heterocycles. The first kappa shape index (κ1) is 21.2. The van der Waals surface area contributed by atoms with Crippen molar-refractivity contribution in [1.82, 2.24) is 4.98 Å². The summed E-state index contributed by atoms with van der Waals surface area (Å²) in [6.45, 7) is 0. The van der Waals surface area contributed by atoms with Gasteiger partial charge in [-0.25, -0.2) is 0 Å².